The number of hydrogen-bond donors (Lipinski definition) is 1. The van der Waals surface area contributed by atoms with Crippen molar-refractivity contribution in [1.82, 2.24) is 9.97 Å². The maximum Gasteiger partial charge on any atom is 0.248 e. The fraction of sp³-hybridized carbons (Fsp3) is 0. The zero-order chi connectivity index (χ0) is 13.8. The summed E-state index contributed by atoms with van der Waals surface area (Å²) in [5, 5.41) is 2.69. The molecule has 0 saturated heterocycles. The summed E-state index contributed by atoms with van der Waals surface area (Å²) in [6.07, 6.45) is 6.12. The Morgan fingerprint density at radius 3 is 2.90 bits per heavy atom. The molecule has 1 amide bonds. The molecule has 0 aliphatic carbocycles. The Labute approximate surface area is 115 Å². The Balaban J connectivity index is 1.72. The third-order valence-corrected chi connectivity index (χ3v) is 2.62. The van der Waals surface area contributed by atoms with Gasteiger partial charge in [0.25, 0.3) is 0 Å². The summed E-state index contributed by atoms with van der Waals surface area (Å²) in [7, 11) is 0. The van der Waals surface area contributed by atoms with E-state index in [4.69, 9.17) is 4.42 Å². The van der Waals surface area contributed by atoms with Gasteiger partial charge >= 0.3 is 0 Å². The zero-order valence-electron chi connectivity index (χ0n) is 10.5. The number of aromatic nitrogens is 2. The topological polar surface area (TPSA) is 68.0 Å². The molecule has 0 fully saturated rings. The second-order valence-corrected chi connectivity index (χ2v) is 4.08. The number of rotatable bonds is 3. The lowest BCUT2D eigenvalue weighted by atomic mass is 10.3. The normalized spacial score (nSPS) is 11.0. The molecule has 98 valence electrons. The smallest absolute Gasteiger partial charge is 0.248 e. The Bertz CT molecular complexity index is 730. The van der Waals surface area contributed by atoms with Gasteiger partial charge in [0.05, 0.1) is 11.9 Å². The number of benzene rings is 1. The standard InChI is InChI=1S/C15H11N3O2/c19-14(17-11-4-3-9-16-10-11)7-8-15-18-12-5-1-2-6-13(12)20-15/h1-10H,(H,17,19)/b8-7+. The van der Waals surface area contributed by atoms with Gasteiger partial charge in [-0.1, -0.05) is 12.1 Å². The van der Waals surface area contributed by atoms with Gasteiger partial charge in [-0.15, -0.1) is 0 Å². The molecule has 5 nitrogen and oxygen atoms in total. The third-order valence-electron chi connectivity index (χ3n) is 2.62. The number of hydrogen-bond acceptors (Lipinski definition) is 4. The van der Waals surface area contributed by atoms with Gasteiger partial charge in [0.15, 0.2) is 5.58 Å². The van der Waals surface area contributed by atoms with Crippen molar-refractivity contribution in [2.24, 2.45) is 0 Å². The van der Waals surface area contributed by atoms with Crippen LogP contribution in [-0.2, 0) is 4.79 Å². The van der Waals surface area contributed by atoms with Crippen LogP contribution in [-0.4, -0.2) is 15.9 Å². The van der Waals surface area contributed by atoms with E-state index in [0.717, 1.165) is 5.52 Å². The van der Waals surface area contributed by atoms with E-state index in [2.05, 4.69) is 15.3 Å². The Kier molecular flexibility index (Phi) is 3.24. The highest BCUT2D eigenvalue weighted by Gasteiger charge is 2.02. The lowest BCUT2D eigenvalue weighted by Gasteiger charge is -1.99. The molecule has 3 rings (SSSR count). The van der Waals surface area contributed by atoms with E-state index in [0.29, 0.717) is 17.2 Å². The summed E-state index contributed by atoms with van der Waals surface area (Å²) in [6.45, 7) is 0. The molecule has 3 aromatic rings. The number of para-hydroxylation sites is 2. The van der Waals surface area contributed by atoms with E-state index in [1.807, 2.05) is 24.3 Å². The average Bonchev–Trinajstić information content (AvgIpc) is 2.89. The van der Waals surface area contributed by atoms with Gasteiger partial charge in [-0.2, -0.15) is 0 Å². The molecule has 5 heteroatoms. The lowest BCUT2D eigenvalue weighted by molar-refractivity contribution is -0.111. The molecular weight excluding hydrogens is 254 g/mol. The molecule has 0 bridgehead atoms. The van der Waals surface area contributed by atoms with Crippen molar-refractivity contribution in [2.75, 3.05) is 5.32 Å². The van der Waals surface area contributed by atoms with Gasteiger partial charge in [-0.25, -0.2) is 4.98 Å². The monoisotopic (exact) mass is 265 g/mol. The second kappa shape index (κ2) is 5.36. The summed E-state index contributed by atoms with van der Waals surface area (Å²) in [5.41, 5.74) is 2.10. The second-order valence-electron chi connectivity index (χ2n) is 4.08. The first kappa shape index (κ1) is 12.1. The molecule has 0 aliphatic rings. The van der Waals surface area contributed by atoms with Crippen LogP contribution in [0.2, 0.25) is 0 Å². The van der Waals surface area contributed by atoms with Crippen LogP contribution in [0.1, 0.15) is 5.89 Å². The number of oxazole rings is 1. The highest BCUT2D eigenvalue weighted by molar-refractivity contribution is 6.01. The van der Waals surface area contributed by atoms with Crippen LogP contribution in [0.25, 0.3) is 17.2 Å². The number of anilines is 1. The Morgan fingerprint density at radius 1 is 1.20 bits per heavy atom. The molecular formula is C15H11N3O2. The van der Waals surface area contributed by atoms with Crippen LogP contribution >= 0.6 is 0 Å². The van der Waals surface area contributed by atoms with Gasteiger partial charge in [0, 0.05) is 18.3 Å². The summed E-state index contributed by atoms with van der Waals surface area (Å²) < 4.78 is 5.48. The predicted molar refractivity (Wildman–Crippen MR) is 75.9 cm³/mol. The molecule has 0 unspecified atom stereocenters. The van der Waals surface area contributed by atoms with E-state index in [1.54, 1.807) is 24.5 Å². The number of amides is 1. The van der Waals surface area contributed by atoms with Crippen molar-refractivity contribution in [3.05, 3.63) is 60.8 Å². The zero-order valence-corrected chi connectivity index (χ0v) is 10.5. The molecule has 0 aliphatic heterocycles. The van der Waals surface area contributed by atoms with Crippen molar-refractivity contribution in [1.29, 1.82) is 0 Å². The SMILES string of the molecule is O=C(/C=C/c1nc2ccccc2o1)Nc1cccnc1. The molecule has 1 aromatic carbocycles. The molecule has 1 N–H and O–H groups in total. The minimum atomic E-state index is -0.264. The van der Waals surface area contributed by atoms with Crippen LogP contribution in [0.5, 0.6) is 0 Å². The van der Waals surface area contributed by atoms with Gasteiger partial charge in [0.2, 0.25) is 11.8 Å². The molecule has 2 heterocycles. The summed E-state index contributed by atoms with van der Waals surface area (Å²) in [5.74, 6) is 0.132. The summed E-state index contributed by atoms with van der Waals surface area (Å²) in [6, 6.07) is 10.9. The van der Waals surface area contributed by atoms with Crippen molar-refractivity contribution in [3.63, 3.8) is 0 Å². The molecule has 0 atom stereocenters. The van der Waals surface area contributed by atoms with E-state index in [-0.39, 0.29) is 5.91 Å². The average molecular weight is 265 g/mol. The van der Waals surface area contributed by atoms with Crippen LogP contribution < -0.4 is 5.32 Å². The summed E-state index contributed by atoms with van der Waals surface area (Å²) >= 11 is 0. The maximum atomic E-state index is 11.7. The highest BCUT2D eigenvalue weighted by atomic mass is 16.3. The molecule has 0 spiro atoms. The number of nitrogens with one attached hydrogen (secondary N) is 1. The van der Waals surface area contributed by atoms with E-state index in [1.165, 1.54) is 12.2 Å². The molecule has 2 aromatic heterocycles. The van der Waals surface area contributed by atoms with Crippen molar-refractivity contribution < 1.29 is 9.21 Å². The predicted octanol–water partition coefficient (Wildman–Crippen LogP) is 2.87. The first-order chi connectivity index (χ1) is 9.81. The summed E-state index contributed by atoms with van der Waals surface area (Å²) in [4.78, 5) is 19.9. The number of carbonyl (C=O) groups excluding carboxylic acids is 1. The van der Waals surface area contributed by atoms with Gasteiger partial charge in [0.1, 0.15) is 5.52 Å². The highest BCUT2D eigenvalue weighted by Crippen LogP contribution is 2.15. The van der Waals surface area contributed by atoms with Crippen LogP contribution in [0.15, 0.2) is 59.3 Å². The fourth-order valence-electron chi connectivity index (χ4n) is 1.73. The fourth-order valence-corrected chi connectivity index (χ4v) is 1.73. The number of pyridine rings is 1. The lowest BCUT2D eigenvalue weighted by Crippen LogP contribution is -2.07. The van der Waals surface area contributed by atoms with Crippen molar-refractivity contribution in [2.45, 2.75) is 0 Å². The van der Waals surface area contributed by atoms with Crippen LogP contribution in [0, 0.1) is 0 Å². The maximum absolute atomic E-state index is 11.7. The first-order valence-electron chi connectivity index (χ1n) is 6.06. The number of fused-ring (bicyclic) bond motifs is 1. The van der Waals surface area contributed by atoms with Gasteiger partial charge < -0.3 is 9.73 Å². The van der Waals surface area contributed by atoms with Crippen molar-refractivity contribution in [3.8, 4) is 0 Å². The number of nitrogens with zero attached hydrogens (tertiary/aromatic N) is 2. The molecule has 0 radical (unpaired) electrons. The van der Waals surface area contributed by atoms with E-state index >= 15 is 0 Å². The Hall–Kier alpha value is -2.95. The Morgan fingerprint density at radius 2 is 2.10 bits per heavy atom. The first-order valence-corrected chi connectivity index (χ1v) is 6.06. The minimum absolute atomic E-state index is 0.264. The van der Waals surface area contributed by atoms with Crippen LogP contribution in [0.4, 0.5) is 5.69 Å². The van der Waals surface area contributed by atoms with Gasteiger partial charge in [-0.3, -0.25) is 9.78 Å². The third kappa shape index (κ3) is 2.72. The van der Waals surface area contributed by atoms with E-state index < -0.39 is 0 Å². The largest absolute Gasteiger partial charge is 0.437 e. The van der Waals surface area contributed by atoms with Crippen LogP contribution in [0.3, 0.4) is 0 Å². The van der Waals surface area contributed by atoms with E-state index in [9.17, 15) is 4.79 Å². The molecule has 20 heavy (non-hydrogen) atoms. The quantitative estimate of drug-likeness (QED) is 0.739. The molecule has 0 saturated carbocycles. The van der Waals surface area contributed by atoms with Crippen molar-refractivity contribution >= 4 is 28.8 Å². The van der Waals surface area contributed by atoms with Gasteiger partial charge in [-0.05, 0) is 24.3 Å². The minimum Gasteiger partial charge on any atom is -0.437 e. The number of carbonyl (C=O) groups is 1.